The van der Waals surface area contributed by atoms with Crippen molar-refractivity contribution in [2.75, 3.05) is 19.6 Å². The summed E-state index contributed by atoms with van der Waals surface area (Å²) < 4.78 is 0. The van der Waals surface area contributed by atoms with E-state index in [-0.39, 0.29) is 6.03 Å². The second-order valence-electron chi connectivity index (χ2n) is 1.81. The van der Waals surface area contributed by atoms with Crippen LogP contribution in [-0.4, -0.2) is 30.6 Å². The minimum absolute atomic E-state index is 0.0764. The van der Waals surface area contributed by atoms with E-state index in [1.807, 2.05) is 20.8 Å². The molecular weight excluding hydrogens is 128 g/mol. The minimum atomic E-state index is 0.0764. The second kappa shape index (κ2) is 5.09. The molecule has 1 rings (SSSR count). The number of hydrogen-bond donors (Lipinski definition) is 1. The maximum absolute atomic E-state index is 10.6. The molecule has 0 aromatic heterocycles. The summed E-state index contributed by atoms with van der Waals surface area (Å²) in [5, 5.41) is 2.71. The van der Waals surface area contributed by atoms with E-state index in [1.165, 1.54) is 0 Å². The molecule has 10 heavy (non-hydrogen) atoms. The Hall–Kier alpha value is -0.730. The SMILES string of the molecule is CC.CCN1CCNC1=O. The standard InChI is InChI=1S/C5H10N2O.C2H6/c1-2-7-4-3-6-5(7)8;1-2/h2-4H2,1H3,(H,6,8);1-2H3. The Morgan fingerprint density at radius 2 is 2.20 bits per heavy atom. The Morgan fingerprint density at radius 3 is 2.40 bits per heavy atom. The van der Waals surface area contributed by atoms with Crippen molar-refractivity contribution < 1.29 is 4.79 Å². The molecule has 3 heteroatoms. The van der Waals surface area contributed by atoms with Gasteiger partial charge in [0.15, 0.2) is 0 Å². The van der Waals surface area contributed by atoms with Crippen molar-refractivity contribution in [1.82, 2.24) is 10.2 Å². The van der Waals surface area contributed by atoms with Crippen LogP contribution in [0.1, 0.15) is 20.8 Å². The van der Waals surface area contributed by atoms with Crippen LogP contribution in [0.3, 0.4) is 0 Å². The molecule has 1 aliphatic rings. The maximum atomic E-state index is 10.6. The van der Waals surface area contributed by atoms with Crippen LogP contribution in [0.4, 0.5) is 4.79 Å². The monoisotopic (exact) mass is 144 g/mol. The van der Waals surface area contributed by atoms with Gasteiger partial charge in [0.05, 0.1) is 0 Å². The third kappa shape index (κ3) is 2.25. The van der Waals surface area contributed by atoms with E-state index in [1.54, 1.807) is 4.90 Å². The third-order valence-corrected chi connectivity index (χ3v) is 1.33. The molecule has 0 aliphatic carbocycles. The number of carbonyl (C=O) groups excluding carboxylic acids is 1. The van der Waals surface area contributed by atoms with Crippen LogP contribution < -0.4 is 5.32 Å². The van der Waals surface area contributed by atoms with Crippen LogP contribution in [0.5, 0.6) is 0 Å². The number of nitrogens with zero attached hydrogens (tertiary/aromatic N) is 1. The van der Waals surface area contributed by atoms with Gasteiger partial charge in [-0.3, -0.25) is 0 Å². The average molecular weight is 144 g/mol. The van der Waals surface area contributed by atoms with Crippen LogP contribution in [0.2, 0.25) is 0 Å². The highest BCUT2D eigenvalue weighted by Crippen LogP contribution is 1.93. The number of urea groups is 1. The number of carbonyl (C=O) groups is 1. The molecule has 0 radical (unpaired) electrons. The third-order valence-electron chi connectivity index (χ3n) is 1.33. The van der Waals surface area contributed by atoms with Crippen LogP contribution in [0.25, 0.3) is 0 Å². The molecule has 0 atom stereocenters. The van der Waals surface area contributed by atoms with E-state index in [9.17, 15) is 4.79 Å². The number of likely N-dealkylation sites (N-methyl/N-ethyl adjacent to an activating group) is 1. The summed E-state index contributed by atoms with van der Waals surface area (Å²) in [6, 6.07) is 0.0764. The van der Waals surface area contributed by atoms with Gasteiger partial charge in [-0.05, 0) is 6.92 Å². The first kappa shape index (κ1) is 9.27. The fourth-order valence-corrected chi connectivity index (χ4v) is 0.813. The van der Waals surface area contributed by atoms with Crippen molar-refractivity contribution >= 4 is 6.03 Å². The lowest BCUT2D eigenvalue weighted by molar-refractivity contribution is 0.219. The molecule has 0 aromatic carbocycles. The van der Waals surface area contributed by atoms with Crippen molar-refractivity contribution in [3.8, 4) is 0 Å². The van der Waals surface area contributed by atoms with E-state index < -0.39 is 0 Å². The van der Waals surface area contributed by atoms with Crippen LogP contribution >= 0.6 is 0 Å². The zero-order valence-electron chi connectivity index (χ0n) is 6.98. The molecule has 2 amide bonds. The molecule has 1 N–H and O–H groups in total. The van der Waals surface area contributed by atoms with E-state index in [0.29, 0.717) is 0 Å². The Kier molecular flexibility index (Phi) is 4.72. The van der Waals surface area contributed by atoms with Crippen molar-refractivity contribution in [3.63, 3.8) is 0 Å². The van der Waals surface area contributed by atoms with Crippen molar-refractivity contribution in [2.45, 2.75) is 20.8 Å². The largest absolute Gasteiger partial charge is 0.336 e. The first-order chi connectivity index (χ1) is 4.84. The van der Waals surface area contributed by atoms with Crippen molar-refractivity contribution in [2.24, 2.45) is 0 Å². The van der Waals surface area contributed by atoms with Crippen molar-refractivity contribution in [1.29, 1.82) is 0 Å². The normalized spacial score (nSPS) is 15.9. The highest BCUT2D eigenvalue weighted by Gasteiger charge is 2.15. The van der Waals surface area contributed by atoms with Gasteiger partial charge in [0.25, 0.3) is 0 Å². The van der Waals surface area contributed by atoms with Gasteiger partial charge in [0.2, 0.25) is 0 Å². The Balaban J connectivity index is 0.000000371. The molecule has 1 saturated heterocycles. The lowest BCUT2D eigenvalue weighted by atomic mass is 10.6. The summed E-state index contributed by atoms with van der Waals surface area (Å²) >= 11 is 0. The van der Waals surface area contributed by atoms with E-state index in [4.69, 9.17) is 0 Å². The summed E-state index contributed by atoms with van der Waals surface area (Å²) in [6.07, 6.45) is 0. The molecule has 0 bridgehead atoms. The van der Waals surface area contributed by atoms with Crippen molar-refractivity contribution in [3.05, 3.63) is 0 Å². The number of nitrogens with one attached hydrogen (secondary N) is 1. The predicted molar refractivity (Wildman–Crippen MR) is 42.0 cm³/mol. The van der Waals surface area contributed by atoms with E-state index >= 15 is 0 Å². The van der Waals surface area contributed by atoms with Crippen LogP contribution in [-0.2, 0) is 0 Å². The molecule has 0 aromatic rings. The summed E-state index contributed by atoms with van der Waals surface area (Å²) in [4.78, 5) is 12.4. The highest BCUT2D eigenvalue weighted by atomic mass is 16.2. The van der Waals surface area contributed by atoms with Gasteiger partial charge in [0, 0.05) is 19.6 Å². The Labute approximate surface area is 62.4 Å². The topological polar surface area (TPSA) is 32.3 Å². The second-order valence-corrected chi connectivity index (χ2v) is 1.81. The molecule has 3 nitrogen and oxygen atoms in total. The zero-order valence-corrected chi connectivity index (χ0v) is 6.98. The van der Waals surface area contributed by atoms with Gasteiger partial charge < -0.3 is 10.2 Å². The number of rotatable bonds is 1. The smallest absolute Gasteiger partial charge is 0.317 e. The highest BCUT2D eigenvalue weighted by molar-refractivity contribution is 5.75. The first-order valence-corrected chi connectivity index (χ1v) is 3.87. The lowest BCUT2D eigenvalue weighted by Gasteiger charge is -2.08. The van der Waals surface area contributed by atoms with Gasteiger partial charge in [-0.15, -0.1) is 0 Å². The molecule has 0 saturated carbocycles. The fourth-order valence-electron chi connectivity index (χ4n) is 0.813. The predicted octanol–water partition coefficient (Wildman–Crippen LogP) is 1.06. The quantitative estimate of drug-likeness (QED) is 0.586. The number of hydrogen-bond acceptors (Lipinski definition) is 1. The van der Waals surface area contributed by atoms with Gasteiger partial charge in [0.1, 0.15) is 0 Å². The molecular formula is C7H16N2O. The van der Waals surface area contributed by atoms with Gasteiger partial charge in [-0.25, -0.2) is 4.79 Å². The molecule has 1 aliphatic heterocycles. The Morgan fingerprint density at radius 1 is 1.60 bits per heavy atom. The summed E-state index contributed by atoms with van der Waals surface area (Å²) in [5.74, 6) is 0. The molecule has 1 heterocycles. The first-order valence-electron chi connectivity index (χ1n) is 3.87. The van der Waals surface area contributed by atoms with Gasteiger partial charge in [-0.1, -0.05) is 13.8 Å². The van der Waals surface area contributed by atoms with Crippen LogP contribution in [0.15, 0.2) is 0 Å². The summed E-state index contributed by atoms with van der Waals surface area (Å²) in [5.41, 5.74) is 0. The Bertz CT molecular complexity index is 104. The molecule has 0 spiro atoms. The lowest BCUT2D eigenvalue weighted by Crippen LogP contribution is -2.27. The molecule has 1 fully saturated rings. The summed E-state index contributed by atoms with van der Waals surface area (Å²) in [6.45, 7) is 8.48. The number of amides is 2. The average Bonchev–Trinajstić information content (AvgIpc) is 2.39. The van der Waals surface area contributed by atoms with Crippen LogP contribution in [0, 0.1) is 0 Å². The maximum Gasteiger partial charge on any atom is 0.317 e. The summed E-state index contributed by atoms with van der Waals surface area (Å²) in [7, 11) is 0. The minimum Gasteiger partial charge on any atom is -0.336 e. The van der Waals surface area contributed by atoms with E-state index in [0.717, 1.165) is 19.6 Å². The van der Waals surface area contributed by atoms with Gasteiger partial charge >= 0.3 is 6.03 Å². The van der Waals surface area contributed by atoms with E-state index in [2.05, 4.69) is 5.32 Å². The molecule has 60 valence electrons. The fraction of sp³-hybridized carbons (Fsp3) is 0.857. The molecule has 0 unspecified atom stereocenters. The van der Waals surface area contributed by atoms with Gasteiger partial charge in [-0.2, -0.15) is 0 Å². The zero-order chi connectivity index (χ0) is 7.98.